The third-order valence-electron chi connectivity index (χ3n) is 10.3. The van der Waals surface area contributed by atoms with Crippen LogP contribution in [0.1, 0.15) is 55.6 Å². The Morgan fingerprint density at radius 2 is 1.77 bits per heavy atom. The van der Waals surface area contributed by atoms with Crippen LogP contribution in [0.4, 0.5) is 20.6 Å². The highest BCUT2D eigenvalue weighted by Gasteiger charge is 2.38. The maximum absolute atomic E-state index is 13.8. The predicted octanol–water partition coefficient (Wildman–Crippen LogP) is 6.09. The number of ether oxygens (including phenoxy) is 6. The molecule has 3 heterocycles. The van der Waals surface area contributed by atoms with E-state index in [1.807, 2.05) is 42.5 Å². The maximum Gasteiger partial charge on any atom is 0.508 e. The zero-order valence-electron chi connectivity index (χ0n) is 32.1. The van der Waals surface area contributed by atoms with Crippen LogP contribution in [-0.2, 0) is 30.4 Å². The average Bonchev–Trinajstić information content (AvgIpc) is 3.67. The lowest BCUT2D eigenvalue weighted by molar-refractivity contribution is -0.492. The minimum atomic E-state index is -0.741. The number of methoxy groups -OCH3 is 1. The van der Waals surface area contributed by atoms with Gasteiger partial charge in [-0.25, -0.2) is 9.18 Å². The van der Waals surface area contributed by atoms with Crippen molar-refractivity contribution in [1.82, 2.24) is 10.7 Å². The van der Waals surface area contributed by atoms with Gasteiger partial charge in [0.05, 0.1) is 50.1 Å². The molecule has 3 aromatic rings. The molecule has 0 radical (unpaired) electrons. The van der Waals surface area contributed by atoms with E-state index in [-0.39, 0.29) is 42.5 Å². The summed E-state index contributed by atoms with van der Waals surface area (Å²) in [5.74, 6) is 1.04. The Bertz CT molecular complexity index is 1650. The molecule has 2 fully saturated rings. The minimum absolute atomic E-state index is 0.0392. The molecule has 0 aliphatic carbocycles. The Labute approximate surface area is 327 Å². The van der Waals surface area contributed by atoms with Crippen LogP contribution in [0.5, 0.6) is 11.5 Å². The topological polar surface area (TPSA) is 144 Å². The maximum atomic E-state index is 13.8. The van der Waals surface area contributed by atoms with Crippen LogP contribution in [0, 0.1) is 5.82 Å². The van der Waals surface area contributed by atoms with Crippen LogP contribution >= 0.6 is 0 Å². The van der Waals surface area contributed by atoms with E-state index in [2.05, 4.69) is 26.0 Å². The van der Waals surface area contributed by atoms with Gasteiger partial charge in [0.1, 0.15) is 36.1 Å². The first kappa shape index (κ1) is 41.4. The number of anilines is 2. The quantitative estimate of drug-likeness (QED) is 0.0692. The van der Waals surface area contributed by atoms with Crippen molar-refractivity contribution in [1.29, 1.82) is 0 Å². The summed E-state index contributed by atoms with van der Waals surface area (Å²) in [5.41, 5.74) is 3.85. The number of piperidine rings is 1. The van der Waals surface area contributed by atoms with E-state index >= 15 is 0 Å². The third-order valence-corrected chi connectivity index (χ3v) is 10.3. The highest BCUT2D eigenvalue weighted by molar-refractivity contribution is 5.61. The number of halogens is 1. The van der Waals surface area contributed by atoms with Gasteiger partial charge in [0.2, 0.25) is 0 Å². The minimum Gasteiger partial charge on any atom is -0.490 e. The highest BCUT2D eigenvalue weighted by atomic mass is 19.1. The fourth-order valence-corrected chi connectivity index (χ4v) is 7.52. The van der Waals surface area contributed by atoms with Crippen molar-refractivity contribution in [3.8, 4) is 11.5 Å². The van der Waals surface area contributed by atoms with Crippen molar-refractivity contribution in [2.45, 2.75) is 69.4 Å². The molecule has 3 aliphatic heterocycles. The number of carbonyl (C=O) groups is 1. The van der Waals surface area contributed by atoms with Gasteiger partial charge < -0.3 is 43.5 Å². The largest absolute Gasteiger partial charge is 0.508 e. The number of nitrogens with one attached hydrogen (secondary N) is 1. The fourth-order valence-electron chi connectivity index (χ4n) is 7.52. The molecule has 2 saturated heterocycles. The zero-order valence-corrected chi connectivity index (χ0v) is 32.1. The number of nitrogens with zero attached hydrogens (tertiary/aromatic N) is 3. The fraction of sp³-hybridized carbons (Fsp3) is 0.537. The number of benzene rings is 3. The Hall–Kier alpha value is -4.22. The van der Waals surface area contributed by atoms with E-state index in [4.69, 9.17) is 38.8 Å². The molecule has 306 valence electrons. The lowest BCUT2D eigenvalue weighted by Gasteiger charge is -2.38. The summed E-state index contributed by atoms with van der Waals surface area (Å²) in [5, 5.41) is 20.4. The van der Waals surface area contributed by atoms with E-state index in [0.29, 0.717) is 52.3 Å². The molecule has 3 aromatic carbocycles. The Balaban J connectivity index is 1.09. The normalized spacial score (nSPS) is 20.8. The van der Waals surface area contributed by atoms with E-state index in [1.54, 1.807) is 19.2 Å². The van der Waals surface area contributed by atoms with Gasteiger partial charge in [-0.15, -0.1) is 0 Å². The summed E-state index contributed by atoms with van der Waals surface area (Å²) >= 11 is 0. The Kier molecular flexibility index (Phi) is 15.8. The SMILES string of the molecule is COCCCN1CCOc2ccc(COC3CNCC(OC(=O)OCCCCCCON(O)O)C3c3ccc(OC4CCN(c5cccc(F)c5)C4)cc3)cc21. The Morgan fingerprint density at radius 3 is 2.57 bits per heavy atom. The molecule has 0 saturated carbocycles. The molecule has 15 heteroatoms. The van der Waals surface area contributed by atoms with Crippen molar-refractivity contribution in [2.75, 3.05) is 82.6 Å². The number of carbonyl (C=O) groups excluding carboxylic acids is 1. The van der Waals surface area contributed by atoms with Crippen molar-refractivity contribution in [3.05, 3.63) is 83.7 Å². The number of rotatable bonds is 20. The molecule has 6 rings (SSSR count). The molecule has 3 aliphatic rings. The van der Waals surface area contributed by atoms with Crippen molar-refractivity contribution >= 4 is 17.5 Å². The lowest BCUT2D eigenvalue weighted by atomic mass is 9.85. The van der Waals surface area contributed by atoms with Gasteiger partial charge in [0.25, 0.3) is 0 Å². The first-order chi connectivity index (χ1) is 27.4. The molecule has 0 aromatic heterocycles. The van der Waals surface area contributed by atoms with Gasteiger partial charge in [0.15, 0.2) is 0 Å². The van der Waals surface area contributed by atoms with Gasteiger partial charge in [-0.05, 0) is 79.3 Å². The number of hydrogen-bond donors (Lipinski definition) is 3. The van der Waals surface area contributed by atoms with E-state index in [9.17, 15) is 9.18 Å². The molecule has 14 nitrogen and oxygen atoms in total. The average molecular weight is 783 g/mol. The van der Waals surface area contributed by atoms with Gasteiger partial charge in [-0.2, -0.15) is 0 Å². The van der Waals surface area contributed by atoms with Crippen LogP contribution in [0.25, 0.3) is 0 Å². The molecule has 56 heavy (non-hydrogen) atoms. The summed E-state index contributed by atoms with van der Waals surface area (Å²) in [6.07, 6.45) is 2.87. The van der Waals surface area contributed by atoms with Gasteiger partial charge >= 0.3 is 6.16 Å². The first-order valence-corrected chi connectivity index (χ1v) is 19.6. The predicted molar refractivity (Wildman–Crippen MR) is 205 cm³/mol. The molecular weight excluding hydrogens is 727 g/mol. The van der Waals surface area contributed by atoms with Crippen molar-refractivity contribution in [3.63, 3.8) is 0 Å². The molecule has 0 spiro atoms. The summed E-state index contributed by atoms with van der Waals surface area (Å²) in [7, 11) is 1.72. The van der Waals surface area contributed by atoms with E-state index in [1.165, 1.54) is 6.07 Å². The standard InChI is InChI=1S/C41H55FN4O10/c1-50-20-7-17-44-19-23-51-37-15-10-30(24-36(37)44)29-53-38-26-43-27-39(56-41(47)52-21-4-2-3-5-22-54-46(48)49)40(38)31-11-13-34(14-12-31)55-35-16-18-45(28-35)33-9-6-8-32(42)25-33/h6,8-15,24-25,35,38-40,43,48-49H,2-5,7,16-23,26-29H2,1H3. The molecule has 4 atom stereocenters. The molecule has 0 bridgehead atoms. The van der Waals surface area contributed by atoms with Crippen LogP contribution < -0.4 is 24.6 Å². The van der Waals surface area contributed by atoms with Gasteiger partial charge in [-0.1, -0.05) is 30.7 Å². The second-order valence-corrected chi connectivity index (χ2v) is 14.3. The van der Waals surface area contributed by atoms with Crippen LogP contribution in [0.2, 0.25) is 0 Å². The second-order valence-electron chi connectivity index (χ2n) is 14.3. The van der Waals surface area contributed by atoms with Gasteiger partial charge in [-0.3, -0.25) is 15.3 Å². The number of fused-ring (bicyclic) bond motifs is 1. The summed E-state index contributed by atoms with van der Waals surface area (Å²) in [6.45, 7) is 6.15. The Morgan fingerprint density at radius 1 is 0.946 bits per heavy atom. The molecule has 3 N–H and O–H groups in total. The van der Waals surface area contributed by atoms with E-state index < -0.39 is 12.3 Å². The lowest BCUT2D eigenvalue weighted by Crippen LogP contribution is -2.51. The second kappa shape index (κ2) is 21.3. The molecule has 4 unspecified atom stereocenters. The summed E-state index contributed by atoms with van der Waals surface area (Å²) in [6, 6.07) is 20.7. The zero-order chi connectivity index (χ0) is 39.1. The van der Waals surface area contributed by atoms with E-state index in [0.717, 1.165) is 79.3 Å². The summed E-state index contributed by atoms with van der Waals surface area (Å²) < 4.78 is 49.5. The van der Waals surface area contributed by atoms with Gasteiger partial charge in [0, 0.05) is 57.9 Å². The van der Waals surface area contributed by atoms with Crippen LogP contribution in [0.3, 0.4) is 0 Å². The van der Waals surface area contributed by atoms with Crippen LogP contribution in [0.15, 0.2) is 66.7 Å². The summed E-state index contributed by atoms with van der Waals surface area (Å²) in [4.78, 5) is 22.0. The number of hydrogen-bond acceptors (Lipinski definition) is 14. The van der Waals surface area contributed by atoms with Crippen molar-refractivity contribution in [2.24, 2.45) is 0 Å². The van der Waals surface area contributed by atoms with Crippen molar-refractivity contribution < 1.29 is 52.9 Å². The monoisotopic (exact) mass is 782 g/mol. The highest BCUT2D eigenvalue weighted by Crippen LogP contribution is 2.35. The first-order valence-electron chi connectivity index (χ1n) is 19.6. The third kappa shape index (κ3) is 12.1. The number of unbranched alkanes of at least 4 members (excludes halogenated alkanes) is 3. The smallest absolute Gasteiger partial charge is 0.490 e. The molecular formula is C41H55FN4O10. The van der Waals surface area contributed by atoms with Crippen LogP contribution in [-0.4, -0.2) is 113 Å². The molecule has 0 amide bonds.